The van der Waals surface area contributed by atoms with Gasteiger partial charge in [0.05, 0.1) is 5.39 Å². The number of aryl methyl sites for hydroxylation is 1. The molecule has 11 heteroatoms. The number of alkyl halides is 3. The highest BCUT2D eigenvalue weighted by Gasteiger charge is 2.31. The molecular formula is C19H17F3N4O4. The van der Waals surface area contributed by atoms with Gasteiger partial charge in [-0.05, 0) is 29.8 Å². The van der Waals surface area contributed by atoms with Crippen molar-refractivity contribution < 1.29 is 22.7 Å². The Morgan fingerprint density at radius 1 is 1.07 bits per heavy atom. The lowest BCUT2D eigenvalue weighted by Gasteiger charge is -2.18. The van der Waals surface area contributed by atoms with Gasteiger partial charge in [0.1, 0.15) is 17.1 Å². The van der Waals surface area contributed by atoms with Crippen LogP contribution in [0, 0.1) is 0 Å². The number of ether oxygens (including phenoxy) is 1. The minimum Gasteiger partial charge on any atom is -0.406 e. The Morgan fingerprint density at radius 3 is 2.30 bits per heavy atom. The van der Waals surface area contributed by atoms with Crippen LogP contribution in [0.2, 0.25) is 0 Å². The molecule has 0 aliphatic rings. The summed E-state index contributed by atoms with van der Waals surface area (Å²) in [5.74, 6) is -0.848. The van der Waals surface area contributed by atoms with Crippen LogP contribution in [0.25, 0.3) is 11.0 Å². The number of carbonyl (C=O) groups excluding carboxylic acids is 1. The molecule has 1 aromatic carbocycles. The van der Waals surface area contributed by atoms with Crippen LogP contribution in [-0.4, -0.2) is 38.3 Å². The van der Waals surface area contributed by atoms with Gasteiger partial charge >= 0.3 is 12.1 Å². The molecule has 0 saturated carbocycles. The van der Waals surface area contributed by atoms with Gasteiger partial charge in [-0.3, -0.25) is 18.7 Å². The van der Waals surface area contributed by atoms with Gasteiger partial charge in [-0.2, -0.15) is 0 Å². The van der Waals surface area contributed by atoms with Crippen LogP contribution in [0.1, 0.15) is 16.1 Å². The van der Waals surface area contributed by atoms with Gasteiger partial charge in [-0.15, -0.1) is 13.2 Å². The second-order valence-corrected chi connectivity index (χ2v) is 6.63. The van der Waals surface area contributed by atoms with Gasteiger partial charge in [-0.1, -0.05) is 12.1 Å². The predicted octanol–water partition coefficient (Wildman–Crippen LogP) is 1.80. The Balaban J connectivity index is 1.83. The summed E-state index contributed by atoms with van der Waals surface area (Å²) in [4.78, 5) is 42.5. The summed E-state index contributed by atoms with van der Waals surface area (Å²) >= 11 is 0. The molecule has 0 fully saturated rings. The maximum Gasteiger partial charge on any atom is 0.573 e. The molecule has 3 rings (SSSR count). The number of fused-ring (bicyclic) bond motifs is 1. The Morgan fingerprint density at radius 2 is 1.70 bits per heavy atom. The van der Waals surface area contributed by atoms with E-state index in [9.17, 15) is 27.6 Å². The Kier molecular flexibility index (Phi) is 5.38. The second-order valence-electron chi connectivity index (χ2n) is 6.63. The van der Waals surface area contributed by atoms with E-state index in [4.69, 9.17) is 0 Å². The number of amides is 1. The molecule has 0 atom stereocenters. The molecule has 0 aliphatic carbocycles. The highest BCUT2D eigenvalue weighted by Crippen LogP contribution is 2.23. The van der Waals surface area contributed by atoms with Gasteiger partial charge in [0, 0.05) is 27.7 Å². The number of aromatic nitrogens is 3. The molecular weight excluding hydrogens is 405 g/mol. The van der Waals surface area contributed by atoms with Crippen LogP contribution in [-0.2, 0) is 20.6 Å². The number of benzene rings is 1. The molecule has 30 heavy (non-hydrogen) atoms. The van der Waals surface area contributed by atoms with E-state index in [2.05, 4.69) is 9.72 Å². The van der Waals surface area contributed by atoms with Crippen molar-refractivity contribution in [1.29, 1.82) is 0 Å². The van der Waals surface area contributed by atoms with Crippen molar-refractivity contribution in [3.8, 4) is 5.75 Å². The first-order valence-corrected chi connectivity index (χ1v) is 8.65. The topological polar surface area (TPSA) is 86.4 Å². The standard InChI is InChI=1S/C19H17F3N4O4/c1-24(10-11-4-6-12(7-5-11)30-19(20,21)22)17(28)14-9-8-13-15(23-14)25(2)18(29)26(3)16(13)27/h4-9H,10H2,1-3H3. The third-order valence-corrected chi connectivity index (χ3v) is 4.44. The van der Waals surface area contributed by atoms with E-state index in [-0.39, 0.29) is 29.0 Å². The summed E-state index contributed by atoms with van der Waals surface area (Å²) in [7, 11) is 4.29. The zero-order valence-electron chi connectivity index (χ0n) is 16.2. The molecule has 2 heterocycles. The molecule has 2 aromatic heterocycles. The van der Waals surface area contributed by atoms with Crippen LogP contribution >= 0.6 is 0 Å². The molecule has 0 spiro atoms. The van der Waals surface area contributed by atoms with Crippen molar-refractivity contribution in [2.75, 3.05) is 7.05 Å². The van der Waals surface area contributed by atoms with E-state index in [0.717, 1.165) is 16.7 Å². The fraction of sp³-hybridized carbons (Fsp3) is 0.263. The smallest absolute Gasteiger partial charge is 0.406 e. The van der Waals surface area contributed by atoms with Crippen LogP contribution in [0.15, 0.2) is 46.0 Å². The molecule has 0 radical (unpaired) electrons. The molecule has 1 amide bonds. The van der Waals surface area contributed by atoms with E-state index in [0.29, 0.717) is 5.56 Å². The third kappa shape index (κ3) is 4.19. The Bertz CT molecular complexity index is 1230. The maximum atomic E-state index is 12.7. The Labute approximate surface area is 167 Å². The summed E-state index contributed by atoms with van der Waals surface area (Å²) in [5, 5.41) is 0.194. The highest BCUT2D eigenvalue weighted by molar-refractivity contribution is 5.94. The maximum absolute atomic E-state index is 12.7. The molecule has 0 saturated heterocycles. The van der Waals surface area contributed by atoms with Crippen LogP contribution in [0.5, 0.6) is 5.75 Å². The van der Waals surface area contributed by atoms with Gasteiger partial charge in [0.2, 0.25) is 0 Å². The van der Waals surface area contributed by atoms with E-state index < -0.39 is 23.5 Å². The van der Waals surface area contributed by atoms with Crippen LogP contribution in [0.4, 0.5) is 13.2 Å². The predicted molar refractivity (Wildman–Crippen MR) is 101 cm³/mol. The first-order chi connectivity index (χ1) is 14.0. The summed E-state index contributed by atoms with van der Waals surface area (Å²) in [6.45, 7) is 0.0976. The van der Waals surface area contributed by atoms with Crippen molar-refractivity contribution in [1.82, 2.24) is 19.0 Å². The lowest BCUT2D eigenvalue weighted by atomic mass is 10.2. The van der Waals surface area contributed by atoms with Gasteiger partial charge < -0.3 is 9.64 Å². The van der Waals surface area contributed by atoms with Crippen molar-refractivity contribution >= 4 is 16.9 Å². The average molecular weight is 422 g/mol. The largest absolute Gasteiger partial charge is 0.573 e. The third-order valence-electron chi connectivity index (χ3n) is 4.44. The van der Waals surface area contributed by atoms with E-state index in [1.165, 1.54) is 54.9 Å². The minimum atomic E-state index is -4.78. The minimum absolute atomic E-state index is 0.0188. The summed E-state index contributed by atoms with van der Waals surface area (Å²) in [5.41, 5.74) is -0.419. The molecule has 0 N–H and O–H groups in total. The molecule has 0 aliphatic heterocycles. The van der Waals surface area contributed by atoms with E-state index >= 15 is 0 Å². The number of carbonyl (C=O) groups is 1. The summed E-state index contributed by atoms with van der Waals surface area (Å²) in [6, 6.07) is 7.93. The molecule has 8 nitrogen and oxygen atoms in total. The SMILES string of the molecule is CN(Cc1ccc(OC(F)(F)F)cc1)C(=O)c1ccc2c(=O)n(C)c(=O)n(C)c2n1. The van der Waals surface area contributed by atoms with Crippen LogP contribution < -0.4 is 16.0 Å². The zero-order valence-corrected chi connectivity index (χ0v) is 16.2. The number of halogens is 3. The summed E-state index contributed by atoms with van der Waals surface area (Å²) < 4.78 is 42.6. The zero-order chi connectivity index (χ0) is 22.2. The van der Waals surface area contributed by atoms with Crippen molar-refractivity contribution in [2.24, 2.45) is 14.1 Å². The van der Waals surface area contributed by atoms with Crippen molar-refractivity contribution in [2.45, 2.75) is 12.9 Å². The molecule has 0 unspecified atom stereocenters. The summed E-state index contributed by atoms with van der Waals surface area (Å²) in [6.07, 6.45) is -4.78. The number of nitrogens with zero attached hydrogens (tertiary/aromatic N) is 4. The number of rotatable bonds is 4. The average Bonchev–Trinajstić information content (AvgIpc) is 2.70. The van der Waals surface area contributed by atoms with Gasteiger partial charge in [0.25, 0.3) is 11.5 Å². The highest BCUT2D eigenvalue weighted by atomic mass is 19.4. The van der Waals surface area contributed by atoms with Crippen LogP contribution in [0.3, 0.4) is 0 Å². The van der Waals surface area contributed by atoms with Crippen molar-refractivity contribution in [3.05, 3.63) is 68.5 Å². The fourth-order valence-electron chi connectivity index (χ4n) is 2.91. The van der Waals surface area contributed by atoms with E-state index in [1.54, 1.807) is 0 Å². The first-order valence-electron chi connectivity index (χ1n) is 8.65. The lowest BCUT2D eigenvalue weighted by Crippen LogP contribution is -2.37. The van der Waals surface area contributed by atoms with Crippen molar-refractivity contribution in [3.63, 3.8) is 0 Å². The normalized spacial score (nSPS) is 11.5. The van der Waals surface area contributed by atoms with Gasteiger partial charge in [0.15, 0.2) is 0 Å². The molecule has 0 bridgehead atoms. The quantitative estimate of drug-likeness (QED) is 0.640. The number of pyridine rings is 1. The first kappa shape index (κ1) is 21.1. The Hall–Kier alpha value is -3.63. The van der Waals surface area contributed by atoms with E-state index in [1.807, 2.05) is 0 Å². The molecule has 158 valence electrons. The lowest BCUT2D eigenvalue weighted by molar-refractivity contribution is -0.274. The number of hydrogen-bond acceptors (Lipinski definition) is 5. The fourth-order valence-corrected chi connectivity index (χ4v) is 2.91. The molecule has 3 aromatic rings. The monoisotopic (exact) mass is 422 g/mol. The van der Waals surface area contributed by atoms with Gasteiger partial charge in [-0.25, -0.2) is 9.78 Å². The number of hydrogen-bond donors (Lipinski definition) is 0. The second kappa shape index (κ2) is 7.65.